The zero-order valence-corrected chi connectivity index (χ0v) is 21.2. The number of nitrogens with zero attached hydrogens (tertiary/aromatic N) is 3. The fourth-order valence-electron chi connectivity index (χ4n) is 4.38. The van der Waals surface area contributed by atoms with Gasteiger partial charge in [0.2, 0.25) is 0 Å². The summed E-state index contributed by atoms with van der Waals surface area (Å²) in [4.78, 5) is 21.9. The van der Waals surface area contributed by atoms with E-state index in [0.717, 1.165) is 5.39 Å². The number of rotatable bonds is 7. The molecule has 1 N–H and O–H groups in total. The number of hydrogen-bond donors (Lipinski definition) is 1. The summed E-state index contributed by atoms with van der Waals surface area (Å²) in [5.41, 5.74) is 2.52. The van der Waals surface area contributed by atoms with Crippen LogP contribution in [0, 0.1) is 5.82 Å². The van der Waals surface area contributed by atoms with Gasteiger partial charge in [0.1, 0.15) is 11.6 Å². The molecule has 0 spiro atoms. The van der Waals surface area contributed by atoms with Gasteiger partial charge >= 0.3 is 0 Å². The third kappa shape index (κ3) is 5.63. The second-order valence-electron chi connectivity index (χ2n) is 8.81. The predicted molar refractivity (Wildman–Crippen MR) is 142 cm³/mol. The van der Waals surface area contributed by atoms with Crippen LogP contribution in [0.5, 0.6) is 5.75 Å². The smallest absolute Gasteiger partial charge is 0.253 e. The Bertz CT molecular complexity index is 1430. The number of amides is 1. The summed E-state index contributed by atoms with van der Waals surface area (Å²) in [7, 11) is 0.0112. The Morgan fingerprint density at radius 1 is 1.03 bits per heavy atom. The molecule has 1 aliphatic heterocycles. The van der Waals surface area contributed by atoms with Crippen molar-refractivity contribution in [1.29, 1.82) is 0 Å². The molecule has 0 bridgehead atoms. The first-order valence-corrected chi connectivity index (χ1v) is 13.1. The molecule has 5 rings (SSSR count). The number of ether oxygens (including phenoxy) is 1. The van der Waals surface area contributed by atoms with E-state index in [-0.39, 0.29) is 11.7 Å². The number of para-hydroxylation sites is 1. The summed E-state index contributed by atoms with van der Waals surface area (Å²) in [6.45, 7) is 2.94. The quantitative estimate of drug-likeness (QED) is 0.391. The fourth-order valence-corrected chi connectivity index (χ4v) is 5.39. The number of aromatic nitrogens is 1. The minimum absolute atomic E-state index is 0.0544. The minimum atomic E-state index is -1.50. The van der Waals surface area contributed by atoms with E-state index >= 15 is 0 Å². The lowest BCUT2D eigenvalue weighted by Crippen LogP contribution is -2.48. The van der Waals surface area contributed by atoms with Gasteiger partial charge in [-0.1, -0.05) is 24.3 Å². The Kier molecular flexibility index (Phi) is 7.43. The number of anilines is 1. The van der Waals surface area contributed by atoms with Gasteiger partial charge in [0.25, 0.3) is 5.91 Å². The van der Waals surface area contributed by atoms with Gasteiger partial charge in [-0.25, -0.2) is 8.60 Å². The molecule has 0 saturated carbocycles. The average molecular weight is 519 g/mol. The number of halogens is 1. The van der Waals surface area contributed by atoms with Crippen LogP contribution in [0.25, 0.3) is 10.9 Å². The summed E-state index contributed by atoms with van der Waals surface area (Å²) >= 11 is 0. The maximum absolute atomic E-state index is 14.3. The molecule has 0 radical (unpaired) electrons. The number of benzene rings is 3. The van der Waals surface area contributed by atoms with Gasteiger partial charge in [-0.05, 0) is 42.5 Å². The normalized spacial score (nSPS) is 14.9. The number of carbonyl (C=O) groups excluding carboxylic acids is 1. The van der Waals surface area contributed by atoms with E-state index in [1.165, 1.54) is 13.2 Å². The Morgan fingerprint density at radius 2 is 1.78 bits per heavy atom. The van der Waals surface area contributed by atoms with Crippen LogP contribution >= 0.6 is 0 Å². The van der Waals surface area contributed by atoms with Crippen LogP contribution in [-0.2, 0) is 17.5 Å². The average Bonchev–Trinajstić information content (AvgIpc) is 2.94. The zero-order chi connectivity index (χ0) is 25.8. The number of piperazine rings is 1. The van der Waals surface area contributed by atoms with Crippen molar-refractivity contribution in [2.45, 2.75) is 11.4 Å². The van der Waals surface area contributed by atoms with Crippen molar-refractivity contribution in [3.63, 3.8) is 0 Å². The van der Waals surface area contributed by atoms with Crippen molar-refractivity contribution in [2.75, 3.05) is 38.0 Å². The highest BCUT2D eigenvalue weighted by atomic mass is 32.2. The number of pyridine rings is 1. The Balaban J connectivity index is 1.17. The molecule has 1 aliphatic rings. The number of carbonyl (C=O) groups is 1. The van der Waals surface area contributed by atoms with Gasteiger partial charge in [0, 0.05) is 67.2 Å². The molecule has 0 aliphatic carbocycles. The molecule has 3 aromatic carbocycles. The van der Waals surface area contributed by atoms with Gasteiger partial charge in [-0.2, -0.15) is 0 Å². The van der Waals surface area contributed by atoms with Gasteiger partial charge < -0.3 is 14.4 Å². The maximum Gasteiger partial charge on any atom is 0.253 e. The first kappa shape index (κ1) is 24.9. The topological polar surface area (TPSA) is 74.8 Å². The van der Waals surface area contributed by atoms with E-state index in [0.29, 0.717) is 65.7 Å². The van der Waals surface area contributed by atoms with E-state index < -0.39 is 11.0 Å². The van der Waals surface area contributed by atoms with Gasteiger partial charge in [-0.15, -0.1) is 0 Å². The maximum atomic E-state index is 14.3. The molecular formula is C28H27FN4O3S. The highest BCUT2D eigenvalue weighted by Crippen LogP contribution is 2.22. The van der Waals surface area contributed by atoms with Crippen molar-refractivity contribution in [3.05, 3.63) is 95.9 Å². The molecule has 1 atom stereocenters. The number of nitrogens with one attached hydrogen (secondary N) is 1. The van der Waals surface area contributed by atoms with Gasteiger partial charge in [0.05, 0.1) is 17.5 Å². The lowest BCUT2D eigenvalue weighted by Gasteiger charge is -2.35. The lowest BCUT2D eigenvalue weighted by atomic mass is 10.1. The Labute approximate surface area is 217 Å². The summed E-state index contributed by atoms with van der Waals surface area (Å²) in [5, 5.41) is 0.922. The lowest BCUT2D eigenvalue weighted by molar-refractivity contribution is 0.0627. The van der Waals surface area contributed by atoms with Crippen molar-refractivity contribution in [2.24, 2.45) is 0 Å². The molecule has 9 heteroatoms. The van der Waals surface area contributed by atoms with E-state index in [1.54, 1.807) is 48.7 Å². The molecule has 4 aromatic rings. The van der Waals surface area contributed by atoms with Crippen molar-refractivity contribution < 1.29 is 18.1 Å². The van der Waals surface area contributed by atoms with Crippen molar-refractivity contribution in [1.82, 2.24) is 14.8 Å². The van der Waals surface area contributed by atoms with Crippen LogP contribution in [0.15, 0.2) is 83.9 Å². The Hall–Kier alpha value is -3.82. The summed E-state index contributed by atoms with van der Waals surface area (Å²) < 4.78 is 35.3. The largest absolute Gasteiger partial charge is 0.497 e. The van der Waals surface area contributed by atoms with Crippen LogP contribution in [0.2, 0.25) is 0 Å². The minimum Gasteiger partial charge on any atom is -0.497 e. The monoisotopic (exact) mass is 518 g/mol. The molecule has 1 aromatic heterocycles. The summed E-state index contributed by atoms with van der Waals surface area (Å²) in [6.07, 6.45) is 1.68. The zero-order valence-electron chi connectivity index (χ0n) is 20.4. The SMILES string of the molecule is COc1ccc(CN2CCN(C(=O)c3ccc(NS(=O)c4cccc5cccnc45)cc3)CC2)c(F)c1. The standard InChI is InChI=1S/C28H27FN4O3S/c1-36-24-12-9-22(25(29)18-24)19-32-14-16-33(17-15-32)28(34)21-7-10-23(11-8-21)31-37(35)26-6-2-4-20-5-3-13-30-27(20)26/h2-13,18,31H,14-17,19H2,1H3. The van der Waals surface area contributed by atoms with Crippen LogP contribution in [-0.4, -0.2) is 58.2 Å². The van der Waals surface area contributed by atoms with Crippen molar-refractivity contribution in [3.8, 4) is 5.75 Å². The van der Waals surface area contributed by atoms with Crippen molar-refractivity contribution >= 4 is 33.5 Å². The first-order valence-electron chi connectivity index (χ1n) is 12.0. The highest BCUT2D eigenvalue weighted by Gasteiger charge is 2.23. The third-order valence-corrected chi connectivity index (χ3v) is 7.60. The van der Waals surface area contributed by atoms with E-state index in [2.05, 4.69) is 14.6 Å². The van der Waals surface area contributed by atoms with Crippen LogP contribution in [0.4, 0.5) is 10.1 Å². The molecule has 1 fully saturated rings. The molecule has 1 saturated heterocycles. The molecule has 2 heterocycles. The third-order valence-electron chi connectivity index (χ3n) is 6.45. The summed E-state index contributed by atoms with van der Waals surface area (Å²) in [5.74, 6) is 0.153. The van der Waals surface area contributed by atoms with Crippen LogP contribution < -0.4 is 9.46 Å². The number of hydrogen-bond acceptors (Lipinski definition) is 5. The number of fused-ring (bicyclic) bond motifs is 1. The fraction of sp³-hybridized carbons (Fsp3) is 0.214. The molecular weight excluding hydrogens is 491 g/mol. The predicted octanol–water partition coefficient (Wildman–Crippen LogP) is 4.48. The van der Waals surface area contributed by atoms with Crippen LogP contribution in [0.3, 0.4) is 0 Å². The first-order chi connectivity index (χ1) is 18.0. The second kappa shape index (κ2) is 11.1. The molecule has 1 unspecified atom stereocenters. The molecule has 190 valence electrons. The second-order valence-corrected chi connectivity index (χ2v) is 9.99. The van der Waals surface area contributed by atoms with E-state index in [1.807, 2.05) is 29.2 Å². The van der Waals surface area contributed by atoms with Crippen LogP contribution in [0.1, 0.15) is 15.9 Å². The van der Waals surface area contributed by atoms with Gasteiger partial charge in [-0.3, -0.25) is 14.7 Å². The summed E-state index contributed by atoms with van der Waals surface area (Å²) in [6, 6.07) is 21.2. The number of methoxy groups -OCH3 is 1. The Morgan fingerprint density at radius 3 is 2.51 bits per heavy atom. The highest BCUT2D eigenvalue weighted by molar-refractivity contribution is 7.86. The van der Waals surface area contributed by atoms with E-state index in [4.69, 9.17) is 4.74 Å². The molecule has 1 amide bonds. The molecule has 7 nitrogen and oxygen atoms in total. The van der Waals surface area contributed by atoms with E-state index in [9.17, 15) is 13.4 Å². The van der Waals surface area contributed by atoms with Gasteiger partial charge in [0.15, 0.2) is 11.0 Å². The molecule has 37 heavy (non-hydrogen) atoms.